The fourth-order valence-corrected chi connectivity index (χ4v) is 3.21. The lowest BCUT2D eigenvalue weighted by Crippen LogP contribution is -2.30. The third kappa shape index (κ3) is 3.38. The number of methoxy groups -OCH3 is 1. The second kappa shape index (κ2) is 6.86. The molecule has 1 aliphatic heterocycles. The highest BCUT2D eigenvalue weighted by Crippen LogP contribution is 2.32. The maximum atomic E-state index is 12.6. The van der Waals surface area contributed by atoms with E-state index in [-0.39, 0.29) is 11.9 Å². The molecule has 122 valence electrons. The van der Waals surface area contributed by atoms with E-state index in [1.807, 2.05) is 42.2 Å². The zero-order chi connectivity index (χ0) is 16.2. The minimum atomic E-state index is 0.0534. The van der Waals surface area contributed by atoms with Crippen LogP contribution in [0.1, 0.15) is 42.3 Å². The van der Waals surface area contributed by atoms with Gasteiger partial charge in [0.15, 0.2) is 0 Å². The highest BCUT2D eigenvalue weighted by molar-refractivity contribution is 5.77. The molecule has 1 aromatic carbocycles. The standard InChI is InChI=1S/C18H22N2O3/c1-13-12-15(19-23-13)16-7-5-11-20(16)18(21)10-9-14-6-3-4-8-17(14)22-2/h3-4,6,8,12,16H,5,7,9-11H2,1-2H3. The van der Waals surface area contributed by atoms with Gasteiger partial charge in [-0.3, -0.25) is 4.79 Å². The number of hydrogen-bond donors (Lipinski definition) is 0. The van der Waals surface area contributed by atoms with Crippen LogP contribution in [0.4, 0.5) is 0 Å². The molecule has 1 saturated heterocycles. The quantitative estimate of drug-likeness (QED) is 0.850. The fourth-order valence-electron chi connectivity index (χ4n) is 3.21. The first-order valence-electron chi connectivity index (χ1n) is 8.03. The van der Waals surface area contributed by atoms with E-state index < -0.39 is 0 Å². The van der Waals surface area contributed by atoms with Crippen LogP contribution < -0.4 is 4.74 Å². The smallest absolute Gasteiger partial charge is 0.223 e. The summed E-state index contributed by atoms with van der Waals surface area (Å²) in [4.78, 5) is 14.6. The van der Waals surface area contributed by atoms with Crippen LogP contribution in [0.2, 0.25) is 0 Å². The van der Waals surface area contributed by atoms with E-state index in [1.54, 1.807) is 7.11 Å². The number of aromatic nitrogens is 1. The Morgan fingerprint density at radius 2 is 2.26 bits per heavy atom. The molecule has 0 aliphatic carbocycles. The molecule has 0 spiro atoms. The van der Waals surface area contributed by atoms with Crippen molar-refractivity contribution in [1.29, 1.82) is 0 Å². The van der Waals surface area contributed by atoms with Crippen molar-refractivity contribution in [2.24, 2.45) is 0 Å². The molecule has 1 aromatic heterocycles. The molecule has 23 heavy (non-hydrogen) atoms. The number of hydrogen-bond acceptors (Lipinski definition) is 4. The second-order valence-electron chi connectivity index (χ2n) is 5.92. The summed E-state index contributed by atoms with van der Waals surface area (Å²) in [5, 5.41) is 4.09. The predicted octanol–water partition coefficient (Wildman–Crippen LogP) is 3.29. The normalized spacial score (nSPS) is 17.5. The molecule has 5 nitrogen and oxygen atoms in total. The molecular weight excluding hydrogens is 292 g/mol. The third-order valence-electron chi connectivity index (χ3n) is 4.36. The monoisotopic (exact) mass is 314 g/mol. The van der Waals surface area contributed by atoms with E-state index in [4.69, 9.17) is 9.26 Å². The molecule has 2 aromatic rings. The number of carbonyl (C=O) groups excluding carboxylic acids is 1. The zero-order valence-corrected chi connectivity index (χ0v) is 13.6. The van der Waals surface area contributed by atoms with Crippen molar-refractivity contribution in [2.75, 3.05) is 13.7 Å². The average molecular weight is 314 g/mol. The van der Waals surface area contributed by atoms with Crippen molar-refractivity contribution in [3.63, 3.8) is 0 Å². The summed E-state index contributed by atoms with van der Waals surface area (Å²) >= 11 is 0. The Bertz CT molecular complexity index is 680. The second-order valence-corrected chi connectivity index (χ2v) is 5.92. The Labute approximate surface area is 136 Å². The van der Waals surface area contributed by atoms with E-state index in [0.717, 1.165) is 42.2 Å². The van der Waals surface area contributed by atoms with Gasteiger partial charge in [0.1, 0.15) is 17.2 Å². The van der Waals surface area contributed by atoms with Gasteiger partial charge in [0.05, 0.1) is 13.2 Å². The van der Waals surface area contributed by atoms with E-state index in [2.05, 4.69) is 5.16 Å². The van der Waals surface area contributed by atoms with Crippen LogP contribution in [0, 0.1) is 6.92 Å². The van der Waals surface area contributed by atoms with Crippen LogP contribution >= 0.6 is 0 Å². The highest BCUT2D eigenvalue weighted by atomic mass is 16.5. The Morgan fingerprint density at radius 3 is 3.00 bits per heavy atom. The van der Waals surface area contributed by atoms with E-state index in [0.29, 0.717) is 12.8 Å². The van der Waals surface area contributed by atoms with Crippen molar-refractivity contribution >= 4 is 5.91 Å². The molecule has 1 fully saturated rings. The first kappa shape index (κ1) is 15.6. The van der Waals surface area contributed by atoms with Crippen molar-refractivity contribution in [3.05, 3.63) is 47.3 Å². The van der Waals surface area contributed by atoms with Gasteiger partial charge in [-0.1, -0.05) is 23.4 Å². The number of likely N-dealkylation sites (tertiary alicyclic amines) is 1. The maximum absolute atomic E-state index is 12.6. The predicted molar refractivity (Wildman–Crippen MR) is 86.2 cm³/mol. The lowest BCUT2D eigenvalue weighted by atomic mass is 10.1. The lowest BCUT2D eigenvalue weighted by molar-refractivity contribution is -0.132. The summed E-state index contributed by atoms with van der Waals surface area (Å²) in [5.41, 5.74) is 1.93. The van der Waals surface area contributed by atoms with E-state index >= 15 is 0 Å². The van der Waals surface area contributed by atoms with Crippen molar-refractivity contribution in [3.8, 4) is 5.75 Å². The number of amides is 1. The number of ether oxygens (including phenoxy) is 1. The largest absolute Gasteiger partial charge is 0.496 e. The van der Waals surface area contributed by atoms with Gasteiger partial charge >= 0.3 is 0 Å². The molecule has 0 radical (unpaired) electrons. The number of benzene rings is 1. The van der Waals surface area contributed by atoms with Gasteiger partial charge in [0.25, 0.3) is 0 Å². The summed E-state index contributed by atoms with van der Waals surface area (Å²) in [6, 6.07) is 9.83. The molecular formula is C18H22N2O3. The molecule has 1 amide bonds. The minimum Gasteiger partial charge on any atom is -0.496 e. The van der Waals surface area contributed by atoms with Crippen LogP contribution in [0.25, 0.3) is 0 Å². The number of rotatable bonds is 5. The van der Waals surface area contributed by atoms with E-state index in [9.17, 15) is 4.79 Å². The lowest BCUT2D eigenvalue weighted by Gasteiger charge is -2.23. The molecule has 1 unspecified atom stereocenters. The molecule has 0 bridgehead atoms. The van der Waals surface area contributed by atoms with Crippen molar-refractivity contribution in [1.82, 2.24) is 10.1 Å². The van der Waals surface area contributed by atoms with Crippen LogP contribution in [-0.4, -0.2) is 29.6 Å². The summed E-state index contributed by atoms with van der Waals surface area (Å²) in [6.07, 6.45) is 3.13. The molecule has 1 atom stereocenters. The topological polar surface area (TPSA) is 55.6 Å². The average Bonchev–Trinajstić information content (AvgIpc) is 3.21. The molecule has 5 heteroatoms. The Morgan fingerprint density at radius 1 is 1.43 bits per heavy atom. The zero-order valence-electron chi connectivity index (χ0n) is 13.6. The molecule has 0 N–H and O–H groups in total. The van der Waals surface area contributed by atoms with Gasteiger partial charge in [-0.25, -0.2) is 0 Å². The Kier molecular flexibility index (Phi) is 4.65. The van der Waals surface area contributed by atoms with Crippen molar-refractivity contribution < 1.29 is 14.1 Å². The first-order chi connectivity index (χ1) is 11.2. The van der Waals surface area contributed by atoms with Gasteiger partial charge in [0, 0.05) is 19.0 Å². The third-order valence-corrected chi connectivity index (χ3v) is 4.36. The molecule has 0 saturated carbocycles. The Hall–Kier alpha value is -2.30. The van der Waals surface area contributed by atoms with Crippen molar-refractivity contribution in [2.45, 2.75) is 38.6 Å². The van der Waals surface area contributed by atoms with Gasteiger partial charge in [-0.2, -0.15) is 0 Å². The van der Waals surface area contributed by atoms with Crippen LogP contribution in [0.5, 0.6) is 5.75 Å². The summed E-state index contributed by atoms with van der Waals surface area (Å²) < 4.78 is 10.5. The van der Waals surface area contributed by atoms with E-state index in [1.165, 1.54) is 0 Å². The first-order valence-corrected chi connectivity index (χ1v) is 8.03. The van der Waals surface area contributed by atoms with Gasteiger partial charge < -0.3 is 14.2 Å². The molecule has 2 heterocycles. The summed E-state index contributed by atoms with van der Waals surface area (Å²) in [6.45, 7) is 2.67. The Balaban J connectivity index is 1.65. The number of para-hydroxylation sites is 1. The number of aryl methyl sites for hydroxylation is 2. The maximum Gasteiger partial charge on any atom is 0.223 e. The van der Waals surface area contributed by atoms with Crippen LogP contribution in [0.3, 0.4) is 0 Å². The van der Waals surface area contributed by atoms with Gasteiger partial charge in [-0.05, 0) is 37.8 Å². The summed E-state index contributed by atoms with van der Waals surface area (Å²) in [5.74, 6) is 1.79. The van der Waals surface area contributed by atoms with Crippen LogP contribution in [0.15, 0.2) is 34.9 Å². The fraction of sp³-hybridized carbons (Fsp3) is 0.444. The number of carbonyl (C=O) groups is 1. The highest BCUT2D eigenvalue weighted by Gasteiger charge is 2.31. The molecule has 1 aliphatic rings. The number of nitrogens with zero attached hydrogens (tertiary/aromatic N) is 2. The minimum absolute atomic E-state index is 0.0534. The van der Waals surface area contributed by atoms with Gasteiger partial charge in [0.2, 0.25) is 5.91 Å². The summed E-state index contributed by atoms with van der Waals surface area (Å²) in [7, 11) is 1.66. The SMILES string of the molecule is COc1ccccc1CCC(=O)N1CCCC1c1cc(C)on1. The van der Waals surface area contributed by atoms with Gasteiger partial charge in [-0.15, -0.1) is 0 Å². The molecule has 3 rings (SSSR count). The van der Waals surface area contributed by atoms with Crippen LogP contribution in [-0.2, 0) is 11.2 Å².